The van der Waals surface area contributed by atoms with Gasteiger partial charge in [-0.25, -0.2) is 4.79 Å². The number of hydrogen-bond donors (Lipinski definition) is 2. The van der Waals surface area contributed by atoms with E-state index in [1.165, 1.54) is 0 Å². The van der Waals surface area contributed by atoms with Crippen molar-refractivity contribution < 1.29 is 19.1 Å². The van der Waals surface area contributed by atoms with Crippen molar-refractivity contribution in [1.29, 1.82) is 0 Å². The van der Waals surface area contributed by atoms with Gasteiger partial charge in [-0.2, -0.15) is 0 Å². The number of nitrogens with zero attached hydrogens (tertiary/aromatic N) is 1. The number of urea groups is 1. The summed E-state index contributed by atoms with van der Waals surface area (Å²) < 4.78 is 11.6. The van der Waals surface area contributed by atoms with E-state index in [1.807, 2.05) is 26.0 Å². The Kier molecular flexibility index (Phi) is 7.84. The van der Waals surface area contributed by atoms with E-state index in [4.69, 9.17) is 9.47 Å². The van der Waals surface area contributed by atoms with Gasteiger partial charge in [0.25, 0.3) is 0 Å². The first-order valence-electron chi connectivity index (χ1n) is 11.6. The Morgan fingerprint density at radius 2 is 1.79 bits per heavy atom. The number of rotatable bonds is 8. The fourth-order valence-corrected chi connectivity index (χ4v) is 3.53. The van der Waals surface area contributed by atoms with Gasteiger partial charge in [-0.05, 0) is 68.7 Å². The monoisotopic (exact) mass is 453 g/mol. The van der Waals surface area contributed by atoms with Crippen LogP contribution in [0.3, 0.4) is 0 Å². The Morgan fingerprint density at radius 3 is 2.45 bits per heavy atom. The number of carbonyl (C=O) groups excluding carboxylic acids is 2. The van der Waals surface area contributed by atoms with E-state index < -0.39 is 5.41 Å². The molecule has 2 aromatic rings. The molecule has 0 saturated carbocycles. The smallest absolute Gasteiger partial charge is 0.323 e. The van der Waals surface area contributed by atoms with Crippen LogP contribution in [0.15, 0.2) is 42.5 Å². The highest BCUT2D eigenvalue weighted by Crippen LogP contribution is 2.38. The van der Waals surface area contributed by atoms with Crippen LogP contribution in [0.2, 0.25) is 0 Å². The summed E-state index contributed by atoms with van der Waals surface area (Å²) in [7, 11) is 0. The molecule has 0 spiro atoms. The zero-order valence-corrected chi connectivity index (χ0v) is 20.2. The van der Waals surface area contributed by atoms with Crippen molar-refractivity contribution in [2.45, 2.75) is 47.5 Å². The lowest BCUT2D eigenvalue weighted by Gasteiger charge is -2.29. The second kappa shape index (κ2) is 10.6. The summed E-state index contributed by atoms with van der Waals surface area (Å²) in [4.78, 5) is 27.5. The Bertz CT molecular complexity index is 970. The van der Waals surface area contributed by atoms with Gasteiger partial charge in [0.15, 0.2) is 0 Å². The first kappa shape index (κ1) is 24.4. The van der Waals surface area contributed by atoms with Gasteiger partial charge in [0, 0.05) is 17.9 Å². The fourth-order valence-electron chi connectivity index (χ4n) is 3.53. The molecule has 1 heterocycles. The molecular formula is C26H35N3O4. The molecule has 0 aromatic heterocycles. The van der Waals surface area contributed by atoms with Gasteiger partial charge in [-0.15, -0.1) is 0 Å². The van der Waals surface area contributed by atoms with Crippen LogP contribution in [0.25, 0.3) is 0 Å². The Morgan fingerprint density at radius 1 is 1.12 bits per heavy atom. The first-order valence-corrected chi connectivity index (χ1v) is 11.6. The molecule has 0 unspecified atom stereocenters. The molecule has 0 bridgehead atoms. The van der Waals surface area contributed by atoms with Crippen molar-refractivity contribution in [3.05, 3.63) is 42.5 Å². The van der Waals surface area contributed by atoms with Gasteiger partial charge in [0.1, 0.15) is 18.1 Å². The van der Waals surface area contributed by atoms with E-state index in [0.29, 0.717) is 42.6 Å². The summed E-state index contributed by atoms with van der Waals surface area (Å²) in [6.45, 7) is 11.6. The minimum Gasteiger partial charge on any atom is -0.494 e. The van der Waals surface area contributed by atoms with Crippen LogP contribution in [0.1, 0.15) is 47.5 Å². The lowest BCUT2D eigenvalue weighted by atomic mass is 9.92. The molecule has 2 N–H and O–H groups in total. The van der Waals surface area contributed by atoms with Crippen molar-refractivity contribution in [3.8, 4) is 11.5 Å². The van der Waals surface area contributed by atoms with Gasteiger partial charge in [0.2, 0.25) is 5.91 Å². The number of unbranched alkanes of at least 4 members (excludes halogenated alkanes) is 1. The third-order valence-corrected chi connectivity index (χ3v) is 5.35. The van der Waals surface area contributed by atoms with Gasteiger partial charge in [-0.3, -0.25) is 4.79 Å². The summed E-state index contributed by atoms with van der Waals surface area (Å²) in [5, 5.41) is 5.68. The second-order valence-corrected chi connectivity index (χ2v) is 9.47. The lowest BCUT2D eigenvalue weighted by molar-refractivity contribution is -0.127. The number of benzene rings is 2. The van der Waals surface area contributed by atoms with Gasteiger partial charge < -0.3 is 25.0 Å². The third kappa shape index (κ3) is 6.40. The van der Waals surface area contributed by atoms with E-state index in [0.717, 1.165) is 18.6 Å². The van der Waals surface area contributed by atoms with Crippen LogP contribution in [0.4, 0.5) is 21.9 Å². The molecule has 0 radical (unpaired) electrons. The zero-order chi connectivity index (χ0) is 24.0. The molecule has 2 aromatic carbocycles. The largest absolute Gasteiger partial charge is 0.494 e. The van der Waals surface area contributed by atoms with Crippen molar-refractivity contribution in [2.24, 2.45) is 11.3 Å². The molecule has 7 heteroatoms. The van der Waals surface area contributed by atoms with Crippen molar-refractivity contribution in [1.82, 2.24) is 0 Å². The highest BCUT2D eigenvalue weighted by molar-refractivity contribution is 6.02. The van der Waals surface area contributed by atoms with E-state index in [-0.39, 0.29) is 17.9 Å². The molecule has 0 saturated heterocycles. The van der Waals surface area contributed by atoms with E-state index in [1.54, 1.807) is 35.2 Å². The summed E-state index contributed by atoms with van der Waals surface area (Å²) >= 11 is 0. The predicted octanol–water partition coefficient (Wildman–Crippen LogP) is 5.92. The number of nitrogens with one attached hydrogen (secondary N) is 2. The maximum Gasteiger partial charge on any atom is 0.323 e. The molecule has 7 nitrogen and oxygen atoms in total. The van der Waals surface area contributed by atoms with Gasteiger partial charge in [-0.1, -0.05) is 27.2 Å². The average molecular weight is 454 g/mol. The molecule has 3 amide bonds. The van der Waals surface area contributed by atoms with E-state index in [2.05, 4.69) is 31.4 Å². The summed E-state index contributed by atoms with van der Waals surface area (Å²) in [5.74, 6) is 1.71. The quantitative estimate of drug-likeness (QED) is 0.487. The average Bonchev–Trinajstić information content (AvgIpc) is 2.85. The van der Waals surface area contributed by atoms with Gasteiger partial charge >= 0.3 is 6.03 Å². The van der Waals surface area contributed by atoms with E-state index in [9.17, 15) is 9.59 Å². The van der Waals surface area contributed by atoms with Crippen LogP contribution in [0.5, 0.6) is 11.5 Å². The SMILES string of the molecule is CCCCOc1ccc(NC(=O)Nc2ccc3c(c2)N(CC(C)C)C(=O)C(C)(C)CO3)cc1. The molecule has 0 aliphatic carbocycles. The molecule has 0 fully saturated rings. The molecule has 3 rings (SSSR count). The van der Waals surface area contributed by atoms with Crippen LogP contribution >= 0.6 is 0 Å². The molecule has 1 aliphatic rings. The third-order valence-electron chi connectivity index (χ3n) is 5.35. The highest BCUT2D eigenvalue weighted by Gasteiger charge is 2.38. The number of hydrogen-bond acceptors (Lipinski definition) is 4. The first-order chi connectivity index (χ1) is 15.7. The van der Waals surface area contributed by atoms with Crippen LogP contribution < -0.4 is 25.0 Å². The Labute approximate surface area is 196 Å². The minimum atomic E-state index is -0.634. The van der Waals surface area contributed by atoms with Crippen molar-refractivity contribution >= 4 is 29.0 Å². The number of amides is 3. The summed E-state index contributed by atoms with van der Waals surface area (Å²) in [5.41, 5.74) is 1.28. The van der Waals surface area contributed by atoms with Crippen molar-refractivity contribution in [2.75, 3.05) is 35.3 Å². The Hall–Kier alpha value is -3.22. The second-order valence-electron chi connectivity index (χ2n) is 9.47. The normalized spacial score (nSPS) is 14.8. The van der Waals surface area contributed by atoms with Crippen molar-refractivity contribution in [3.63, 3.8) is 0 Å². The van der Waals surface area contributed by atoms with Gasteiger partial charge in [0.05, 0.1) is 17.7 Å². The molecular weight excluding hydrogens is 418 g/mol. The minimum absolute atomic E-state index is 0.0118. The maximum atomic E-state index is 13.2. The molecule has 178 valence electrons. The van der Waals surface area contributed by atoms with Crippen LogP contribution in [-0.4, -0.2) is 31.7 Å². The summed E-state index contributed by atoms with van der Waals surface area (Å²) in [6, 6.07) is 12.3. The maximum absolute atomic E-state index is 13.2. The van der Waals surface area contributed by atoms with Crippen LogP contribution in [0, 0.1) is 11.3 Å². The predicted molar refractivity (Wildman–Crippen MR) is 132 cm³/mol. The zero-order valence-electron chi connectivity index (χ0n) is 20.2. The topological polar surface area (TPSA) is 79.9 Å². The highest BCUT2D eigenvalue weighted by atomic mass is 16.5. The number of ether oxygens (including phenoxy) is 2. The Balaban J connectivity index is 1.71. The standard InChI is InChI=1S/C26H35N3O4/c1-6-7-14-32-21-11-8-19(9-12-21)27-25(31)28-20-10-13-23-22(15-20)29(16-18(2)3)24(30)26(4,5)17-33-23/h8-13,15,18H,6-7,14,16-17H2,1-5H3,(H2,27,28,31). The lowest BCUT2D eigenvalue weighted by Crippen LogP contribution is -2.43. The number of fused-ring (bicyclic) bond motifs is 1. The van der Waals surface area contributed by atoms with E-state index >= 15 is 0 Å². The summed E-state index contributed by atoms with van der Waals surface area (Å²) in [6.07, 6.45) is 2.09. The molecule has 1 aliphatic heterocycles. The van der Waals surface area contributed by atoms with Crippen LogP contribution in [-0.2, 0) is 4.79 Å². The number of carbonyl (C=O) groups is 2. The number of anilines is 3. The fraction of sp³-hybridized carbons (Fsp3) is 0.462. The molecule has 0 atom stereocenters. The molecule has 33 heavy (non-hydrogen) atoms.